The molecule has 4 unspecified atom stereocenters. The fraction of sp³-hybridized carbons (Fsp3) is 0.920. The molecule has 2 heteroatoms. The van der Waals surface area contributed by atoms with Gasteiger partial charge in [-0.25, -0.2) is 0 Å². The number of hydrogen-bond acceptors (Lipinski definition) is 2. The molecular formula is C25H46O2. The molecule has 1 saturated carbocycles. The van der Waals surface area contributed by atoms with E-state index in [0.717, 1.165) is 18.8 Å². The van der Waals surface area contributed by atoms with Crippen LogP contribution in [-0.4, -0.2) is 22.4 Å². The van der Waals surface area contributed by atoms with Crippen LogP contribution >= 0.6 is 0 Å². The van der Waals surface area contributed by atoms with E-state index in [-0.39, 0.29) is 5.41 Å². The van der Waals surface area contributed by atoms with Gasteiger partial charge in [0, 0.05) is 6.61 Å². The van der Waals surface area contributed by atoms with Gasteiger partial charge in [0.2, 0.25) is 0 Å². The van der Waals surface area contributed by atoms with Gasteiger partial charge in [-0.05, 0) is 101 Å². The van der Waals surface area contributed by atoms with Gasteiger partial charge >= 0.3 is 0 Å². The van der Waals surface area contributed by atoms with Crippen molar-refractivity contribution in [2.75, 3.05) is 6.61 Å². The fourth-order valence-electron chi connectivity index (χ4n) is 6.15. The molecule has 0 aromatic heterocycles. The highest BCUT2D eigenvalue weighted by atomic mass is 16.3. The lowest BCUT2D eigenvalue weighted by atomic mass is 9.60. The molecule has 0 aromatic carbocycles. The summed E-state index contributed by atoms with van der Waals surface area (Å²) in [5, 5.41) is 19.9. The van der Waals surface area contributed by atoms with Crippen LogP contribution in [0.4, 0.5) is 0 Å². The van der Waals surface area contributed by atoms with Crippen LogP contribution in [0.15, 0.2) is 11.6 Å². The number of allylic oxidation sites excluding steroid dienone is 2. The van der Waals surface area contributed by atoms with Gasteiger partial charge in [-0.3, -0.25) is 0 Å². The molecule has 0 amide bonds. The third-order valence-electron chi connectivity index (χ3n) is 8.15. The third-order valence-corrected chi connectivity index (χ3v) is 8.15. The van der Waals surface area contributed by atoms with Crippen molar-refractivity contribution in [2.45, 2.75) is 117 Å². The van der Waals surface area contributed by atoms with Gasteiger partial charge in [-0.2, -0.15) is 0 Å². The maximum absolute atomic E-state index is 10.2. The van der Waals surface area contributed by atoms with Gasteiger partial charge in [0.15, 0.2) is 0 Å². The van der Waals surface area contributed by atoms with Crippen molar-refractivity contribution < 1.29 is 10.2 Å². The monoisotopic (exact) mass is 378 g/mol. The molecule has 0 aliphatic heterocycles. The Morgan fingerprint density at radius 2 is 1.85 bits per heavy atom. The van der Waals surface area contributed by atoms with E-state index in [9.17, 15) is 10.2 Å². The Morgan fingerprint density at radius 1 is 1.11 bits per heavy atom. The lowest BCUT2D eigenvalue weighted by molar-refractivity contribution is 0.0513. The predicted molar refractivity (Wildman–Crippen MR) is 116 cm³/mol. The molecule has 2 aliphatic carbocycles. The molecule has 4 atom stereocenters. The first-order valence-electron chi connectivity index (χ1n) is 11.7. The molecule has 2 N–H and O–H groups in total. The molecule has 2 nitrogen and oxygen atoms in total. The van der Waals surface area contributed by atoms with Gasteiger partial charge in [0.25, 0.3) is 0 Å². The minimum Gasteiger partial charge on any atom is -0.396 e. The summed E-state index contributed by atoms with van der Waals surface area (Å²) in [7, 11) is 0. The Bertz CT molecular complexity index is 489. The summed E-state index contributed by atoms with van der Waals surface area (Å²) in [6.45, 7) is 11.4. The first kappa shape index (κ1) is 22.9. The molecule has 0 spiro atoms. The van der Waals surface area contributed by atoms with E-state index < -0.39 is 5.60 Å². The fourth-order valence-corrected chi connectivity index (χ4v) is 6.15. The molecule has 1 fully saturated rings. The standard InChI is InChI=1S/C25H46O2/c1-6-9-21-10-7-11-22(25(21,5)18-19-26)14-17-24(4)15-8-12-20(24)13-16-23(2,3)27/h10,20,22,26-27H,6-9,11-19H2,1-5H3. The molecule has 0 bridgehead atoms. The molecule has 2 aliphatic rings. The van der Waals surface area contributed by atoms with Crippen LogP contribution in [0.2, 0.25) is 0 Å². The Labute approximate surface area is 168 Å². The number of rotatable bonds is 10. The van der Waals surface area contributed by atoms with Crippen molar-refractivity contribution in [1.82, 2.24) is 0 Å². The van der Waals surface area contributed by atoms with E-state index in [0.29, 0.717) is 17.9 Å². The van der Waals surface area contributed by atoms with Crippen LogP contribution in [0.25, 0.3) is 0 Å². The Balaban J connectivity index is 2.03. The zero-order valence-corrected chi connectivity index (χ0v) is 18.8. The van der Waals surface area contributed by atoms with Crippen LogP contribution in [-0.2, 0) is 0 Å². The molecule has 0 radical (unpaired) electrons. The van der Waals surface area contributed by atoms with Crippen molar-refractivity contribution in [3.05, 3.63) is 11.6 Å². The maximum atomic E-state index is 10.2. The molecule has 27 heavy (non-hydrogen) atoms. The first-order chi connectivity index (χ1) is 12.6. The highest BCUT2D eigenvalue weighted by Crippen LogP contribution is 2.53. The second-order valence-electron chi connectivity index (χ2n) is 10.8. The van der Waals surface area contributed by atoms with Crippen molar-refractivity contribution in [2.24, 2.45) is 22.7 Å². The Kier molecular flexibility index (Phi) is 8.02. The molecule has 0 heterocycles. The Hall–Kier alpha value is -0.340. The largest absolute Gasteiger partial charge is 0.396 e. The molecule has 2 rings (SSSR count). The quantitative estimate of drug-likeness (QED) is 0.418. The summed E-state index contributed by atoms with van der Waals surface area (Å²) in [5.41, 5.74) is 1.72. The number of hydrogen-bond donors (Lipinski definition) is 2. The van der Waals surface area contributed by atoms with E-state index in [1.807, 2.05) is 13.8 Å². The van der Waals surface area contributed by atoms with Crippen LogP contribution in [0.5, 0.6) is 0 Å². The van der Waals surface area contributed by atoms with Gasteiger partial charge in [0.1, 0.15) is 0 Å². The summed E-state index contributed by atoms with van der Waals surface area (Å²) in [5.74, 6) is 1.48. The van der Waals surface area contributed by atoms with Crippen LogP contribution in [0.3, 0.4) is 0 Å². The summed E-state index contributed by atoms with van der Waals surface area (Å²) in [6, 6.07) is 0. The van der Waals surface area contributed by atoms with Gasteiger partial charge in [0.05, 0.1) is 5.60 Å². The minimum absolute atomic E-state index is 0.195. The molecule has 0 saturated heterocycles. The summed E-state index contributed by atoms with van der Waals surface area (Å²) >= 11 is 0. The SMILES string of the molecule is CCCC1=CCCC(CCC2(C)CCCC2CCC(C)(C)O)C1(C)CCO. The summed E-state index contributed by atoms with van der Waals surface area (Å²) in [4.78, 5) is 0. The van der Waals surface area contributed by atoms with E-state index in [2.05, 4.69) is 26.8 Å². The molecule has 0 aromatic rings. The highest BCUT2D eigenvalue weighted by Gasteiger charge is 2.42. The van der Waals surface area contributed by atoms with Crippen molar-refractivity contribution in [3.8, 4) is 0 Å². The van der Waals surface area contributed by atoms with Crippen LogP contribution in [0.1, 0.15) is 112 Å². The number of aliphatic hydroxyl groups is 2. The third kappa shape index (κ3) is 5.82. The zero-order valence-electron chi connectivity index (χ0n) is 18.8. The van der Waals surface area contributed by atoms with Gasteiger partial charge in [-0.1, -0.05) is 45.3 Å². The van der Waals surface area contributed by atoms with Crippen molar-refractivity contribution in [1.29, 1.82) is 0 Å². The average molecular weight is 379 g/mol. The normalized spacial score (nSPS) is 34.7. The lowest BCUT2D eigenvalue weighted by Gasteiger charge is -2.45. The minimum atomic E-state index is -0.535. The number of aliphatic hydroxyl groups excluding tert-OH is 1. The lowest BCUT2D eigenvalue weighted by Crippen LogP contribution is -2.35. The smallest absolute Gasteiger partial charge is 0.0591 e. The van der Waals surface area contributed by atoms with E-state index in [1.54, 1.807) is 5.57 Å². The second-order valence-corrected chi connectivity index (χ2v) is 10.8. The Morgan fingerprint density at radius 3 is 2.48 bits per heavy atom. The summed E-state index contributed by atoms with van der Waals surface area (Å²) < 4.78 is 0. The van der Waals surface area contributed by atoms with E-state index >= 15 is 0 Å². The van der Waals surface area contributed by atoms with Gasteiger partial charge in [-0.15, -0.1) is 0 Å². The first-order valence-corrected chi connectivity index (χ1v) is 11.7. The molecule has 158 valence electrons. The van der Waals surface area contributed by atoms with E-state index in [1.165, 1.54) is 64.2 Å². The highest BCUT2D eigenvalue weighted by molar-refractivity contribution is 5.19. The summed E-state index contributed by atoms with van der Waals surface area (Å²) in [6.07, 6.45) is 17.1. The molecular weight excluding hydrogens is 332 g/mol. The predicted octanol–water partition coefficient (Wildman–Crippen LogP) is 6.65. The topological polar surface area (TPSA) is 40.5 Å². The van der Waals surface area contributed by atoms with Crippen LogP contribution in [0, 0.1) is 22.7 Å². The van der Waals surface area contributed by atoms with Crippen LogP contribution < -0.4 is 0 Å². The van der Waals surface area contributed by atoms with Crippen molar-refractivity contribution in [3.63, 3.8) is 0 Å². The average Bonchev–Trinajstić information content (AvgIpc) is 2.95. The van der Waals surface area contributed by atoms with Gasteiger partial charge < -0.3 is 10.2 Å². The second kappa shape index (κ2) is 9.44. The van der Waals surface area contributed by atoms with E-state index in [4.69, 9.17) is 0 Å². The maximum Gasteiger partial charge on any atom is 0.0591 e. The zero-order chi connectivity index (χ0) is 20.1. The van der Waals surface area contributed by atoms with Crippen molar-refractivity contribution >= 4 is 0 Å².